The molecular formula is C26H23F3N4O3S. The van der Waals surface area contributed by atoms with Crippen molar-refractivity contribution >= 4 is 33.9 Å². The van der Waals surface area contributed by atoms with E-state index in [1.165, 1.54) is 17.4 Å². The van der Waals surface area contributed by atoms with Crippen LogP contribution in [0.1, 0.15) is 57.2 Å². The van der Waals surface area contributed by atoms with Crippen molar-refractivity contribution < 1.29 is 27.5 Å². The summed E-state index contributed by atoms with van der Waals surface area (Å²) < 4.78 is 47.6. The van der Waals surface area contributed by atoms with E-state index < -0.39 is 23.7 Å². The van der Waals surface area contributed by atoms with Crippen molar-refractivity contribution in [3.05, 3.63) is 69.9 Å². The predicted octanol–water partition coefficient (Wildman–Crippen LogP) is 6.03. The molecule has 1 aliphatic carbocycles. The van der Waals surface area contributed by atoms with Crippen molar-refractivity contribution in [2.75, 3.05) is 11.9 Å². The van der Waals surface area contributed by atoms with Gasteiger partial charge in [-0.3, -0.25) is 4.79 Å². The lowest BCUT2D eigenvalue weighted by Crippen LogP contribution is -2.17. The molecule has 37 heavy (non-hydrogen) atoms. The Morgan fingerprint density at radius 1 is 1.22 bits per heavy atom. The minimum Gasteiger partial charge on any atom is -0.462 e. The number of hydrogen-bond acceptors (Lipinski definition) is 6. The lowest BCUT2D eigenvalue weighted by atomic mass is 9.88. The first-order valence-electron chi connectivity index (χ1n) is 11.8. The molecule has 3 heterocycles. The molecule has 192 valence electrons. The van der Waals surface area contributed by atoms with E-state index in [0.29, 0.717) is 33.0 Å². The highest BCUT2D eigenvalue weighted by atomic mass is 32.1. The van der Waals surface area contributed by atoms with Gasteiger partial charge in [0.1, 0.15) is 5.00 Å². The summed E-state index contributed by atoms with van der Waals surface area (Å²) in [7, 11) is 0. The Labute approximate surface area is 214 Å². The Morgan fingerprint density at radius 3 is 2.68 bits per heavy atom. The lowest BCUT2D eigenvalue weighted by molar-refractivity contribution is -0.142. The molecule has 0 fully saturated rings. The van der Waals surface area contributed by atoms with Crippen LogP contribution < -0.4 is 5.32 Å². The molecule has 1 amide bonds. The summed E-state index contributed by atoms with van der Waals surface area (Å²) in [6.45, 7) is 3.99. The number of ether oxygens (including phenoxy) is 1. The third kappa shape index (κ3) is 4.83. The van der Waals surface area contributed by atoms with Gasteiger partial charge < -0.3 is 10.1 Å². The summed E-state index contributed by atoms with van der Waals surface area (Å²) in [4.78, 5) is 31.2. The largest absolute Gasteiger partial charge is 0.462 e. The van der Waals surface area contributed by atoms with Gasteiger partial charge in [-0.1, -0.05) is 37.3 Å². The van der Waals surface area contributed by atoms with E-state index >= 15 is 0 Å². The van der Waals surface area contributed by atoms with Gasteiger partial charge in [0.05, 0.1) is 17.9 Å². The van der Waals surface area contributed by atoms with E-state index in [-0.39, 0.29) is 23.6 Å². The lowest BCUT2D eigenvalue weighted by Gasteiger charge is -2.18. The van der Waals surface area contributed by atoms with Crippen molar-refractivity contribution in [3.63, 3.8) is 0 Å². The molecule has 1 aliphatic rings. The number of rotatable bonds is 5. The minimum absolute atomic E-state index is 0.108. The summed E-state index contributed by atoms with van der Waals surface area (Å²) in [5.41, 5.74) is 0.355. The van der Waals surface area contributed by atoms with Crippen molar-refractivity contribution in [1.29, 1.82) is 0 Å². The monoisotopic (exact) mass is 528 g/mol. The number of halogens is 3. The Morgan fingerprint density at radius 2 is 1.97 bits per heavy atom. The smallest absolute Gasteiger partial charge is 0.433 e. The fourth-order valence-corrected chi connectivity index (χ4v) is 5.86. The molecule has 3 aromatic heterocycles. The number of benzene rings is 1. The Hall–Kier alpha value is -3.73. The van der Waals surface area contributed by atoms with Crippen molar-refractivity contribution in [1.82, 2.24) is 14.6 Å². The molecule has 7 nitrogen and oxygen atoms in total. The first-order valence-corrected chi connectivity index (χ1v) is 12.6. The van der Waals surface area contributed by atoms with Crippen LogP contribution in [-0.4, -0.2) is 33.1 Å². The number of carbonyl (C=O) groups excluding carboxylic acids is 2. The molecule has 0 aliphatic heterocycles. The van der Waals surface area contributed by atoms with Gasteiger partial charge >= 0.3 is 12.1 Å². The standard InChI is InChI=1S/C26H23F3N4O3S/c1-3-36-25(35)22-16-10-9-14(2)11-19(16)37-24(22)31-23(34)18-13-21-30-17(15-7-5-4-6-8-15)12-20(26(27,28)29)33(21)32-18/h4-8,12-14H,3,9-11H2,1-2H3,(H,31,34)/t14-/m1/s1. The average Bonchev–Trinajstić information content (AvgIpc) is 3.44. The maximum atomic E-state index is 13.9. The number of thiophene rings is 1. The minimum atomic E-state index is -4.73. The second kappa shape index (κ2) is 9.62. The van der Waals surface area contributed by atoms with E-state index in [1.54, 1.807) is 37.3 Å². The second-order valence-electron chi connectivity index (χ2n) is 8.92. The van der Waals surface area contributed by atoms with Gasteiger partial charge in [0.15, 0.2) is 17.0 Å². The number of amides is 1. The van der Waals surface area contributed by atoms with E-state index in [4.69, 9.17) is 4.74 Å². The van der Waals surface area contributed by atoms with Gasteiger partial charge in [0.2, 0.25) is 0 Å². The fraction of sp³-hybridized carbons (Fsp3) is 0.308. The molecule has 4 aromatic rings. The molecule has 0 bridgehead atoms. The summed E-state index contributed by atoms with van der Waals surface area (Å²) in [6, 6.07) is 10.6. The van der Waals surface area contributed by atoms with Crippen LogP contribution in [0.15, 0.2) is 42.5 Å². The zero-order chi connectivity index (χ0) is 26.3. The summed E-state index contributed by atoms with van der Waals surface area (Å²) in [5, 5.41) is 6.94. The number of hydrogen-bond donors (Lipinski definition) is 1. The highest BCUT2D eigenvalue weighted by Crippen LogP contribution is 2.40. The first kappa shape index (κ1) is 24.9. The Kier molecular flexibility index (Phi) is 6.49. The zero-order valence-corrected chi connectivity index (χ0v) is 20.9. The highest BCUT2D eigenvalue weighted by molar-refractivity contribution is 7.17. The fourth-order valence-electron chi connectivity index (χ4n) is 4.47. The molecule has 0 saturated carbocycles. The SMILES string of the molecule is CCOC(=O)c1c(NC(=O)c2cc3nc(-c4ccccc4)cc(C(F)(F)F)n3n2)sc2c1CC[C@@H](C)C2. The molecule has 1 N–H and O–H groups in total. The van der Waals surface area contributed by atoms with Crippen LogP contribution in [0.2, 0.25) is 0 Å². The van der Waals surface area contributed by atoms with Gasteiger partial charge in [0, 0.05) is 16.5 Å². The van der Waals surface area contributed by atoms with Gasteiger partial charge in [-0.15, -0.1) is 11.3 Å². The normalized spacial score (nSPS) is 15.4. The molecule has 1 atom stereocenters. The van der Waals surface area contributed by atoms with Crippen LogP contribution >= 0.6 is 11.3 Å². The molecule has 1 aromatic carbocycles. The zero-order valence-electron chi connectivity index (χ0n) is 20.1. The van der Waals surface area contributed by atoms with Gasteiger partial charge in [-0.05, 0) is 43.7 Å². The van der Waals surface area contributed by atoms with Crippen molar-refractivity contribution in [3.8, 4) is 11.3 Å². The second-order valence-corrected chi connectivity index (χ2v) is 10.0. The molecule has 0 unspecified atom stereocenters. The summed E-state index contributed by atoms with van der Waals surface area (Å²) in [6.07, 6.45) is -2.36. The maximum Gasteiger partial charge on any atom is 0.433 e. The first-order chi connectivity index (χ1) is 17.7. The number of anilines is 1. The van der Waals surface area contributed by atoms with Gasteiger partial charge in [-0.2, -0.15) is 18.3 Å². The number of carbonyl (C=O) groups is 2. The van der Waals surface area contributed by atoms with Crippen LogP contribution in [0.3, 0.4) is 0 Å². The number of esters is 1. The van der Waals surface area contributed by atoms with Crippen LogP contribution in [0.5, 0.6) is 0 Å². The molecule has 11 heteroatoms. The predicted molar refractivity (Wildman–Crippen MR) is 133 cm³/mol. The quantitative estimate of drug-likeness (QED) is 0.320. The average molecular weight is 529 g/mol. The Balaban J connectivity index is 1.54. The van der Waals surface area contributed by atoms with E-state index in [1.807, 2.05) is 0 Å². The molecular weight excluding hydrogens is 505 g/mol. The third-order valence-electron chi connectivity index (χ3n) is 6.24. The van der Waals surface area contributed by atoms with Crippen LogP contribution in [0, 0.1) is 5.92 Å². The van der Waals surface area contributed by atoms with Crippen LogP contribution in [0.4, 0.5) is 18.2 Å². The highest BCUT2D eigenvalue weighted by Gasteiger charge is 2.36. The number of nitrogens with one attached hydrogen (secondary N) is 1. The molecule has 0 radical (unpaired) electrons. The van der Waals surface area contributed by atoms with Crippen LogP contribution in [-0.2, 0) is 23.8 Å². The number of aromatic nitrogens is 3. The van der Waals surface area contributed by atoms with Crippen molar-refractivity contribution in [2.45, 2.75) is 39.3 Å². The maximum absolute atomic E-state index is 13.9. The van der Waals surface area contributed by atoms with Crippen LogP contribution in [0.25, 0.3) is 16.9 Å². The topological polar surface area (TPSA) is 85.6 Å². The number of fused-ring (bicyclic) bond motifs is 2. The number of alkyl halides is 3. The van der Waals surface area contributed by atoms with Gasteiger partial charge in [0.25, 0.3) is 5.91 Å². The summed E-state index contributed by atoms with van der Waals surface area (Å²) in [5.74, 6) is -0.834. The van der Waals surface area contributed by atoms with E-state index in [9.17, 15) is 22.8 Å². The van der Waals surface area contributed by atoms with Gasteiger partial charge in [-0.25, -0.2) is 14.3 Å². The van der Waals surface area contributed by atoms with E-state index in [2.05, 4.69) is 22.3 Å². The Bertz CT molecular complexity index is 1490. The molecule has 0 spiro atoms. The summed E-state index contributed by atoms with van der Waals surface area (Å²) >= 11 is 1.29. The number of nitrogens with zero attached hydrogens (tertiary/aromatic N) is 3. The molecule has 0 saturated heterocycles. The van der Waals surface area contributed by atoms with E-state index in [0.717, 1.165) is 29.3 Å². The van der Waals surface area contributed by atoms with Crippen molar-refractivity contribution in [2.24, 2.45) is 5.92 Å². The molecule has 5 rings (SSSR count). The third-order valence-corrected chi connectivity index (χ3v) is 7.41.